The molecule has 0 unspecified atom stereocenters. The van der Waals surface area contributed by atoms with Gasteiger partial charge in [0.15, 0.2) is 0 Å². The summed E-state index contributed by atoms with van der Waals surface area (Å²) in [6, 6.07) is 7.71. The minimum atomic E-state index is -0.0412. The van der Waals surface area contributed by atoms with Gasteiger partial charge in [0.25, 0.3) is 0 Å². The molecule has 5 heteroatoms. The van der Waals surface area contributed by atoms with E-state index in [1.807, 2.05) is 24.3 Å². The van der Waals surface area contributed by atoms with E-state index in [0.29, 0.717) is 19.1 Å². The number of carbonyl (C=O) groups is 1. The first kappa shape index (κ1) is 15.8. The third kappa shape index (κ3) is 4.72. The van der Waals surface area contributed by atoms with Crippen LogP contribution in [-0.2, 0) is 4.79 Å². The molecule has 0 spiro atoms. The second-order valence-electron chi connectivity index (χ2n) is 5.41. The van der Waals surface area contributed by atoms with Crippen molar-refractivity contribution < 1.29 is 14.6 Å². The molecule has 1 aromatic rings. The number of methoxy groups -OCH3 is 1. The number of benzene rings is 1. The van der Waals surface area contributed by atoms with Crippen LogP contribution in [-0.4, -0.2) is 48.8 Å². The lowest BCUT2D eigenvalue weighted by molar-refractivity contribution is -0.118. The smallest absolute Gasteiger partial charge is 0.238 e. The quantitative estimate of drug-likeness (QED) is 0.805. The number of nitrogens with zero attached hydrogens (tertiary/aromatic N) is 1. The van der Waals surface area contributed by atoms with Crippen LogP contribution in [0.1, 0.15) is 25.7 Å². The Morgan fingerprint density at radius 1 is 1.33 bits per heavy atom. The van der Waals surface area contributed by atoms with Gasteiger partial charge in [-0.3, -0.25) is 9.69 Å². The second-order valence-corrected chi connectivity index (χ2v) is 5.41. The fourth-order valence-corrected chi connectivity index (χ4v) is 2.85. The number of carbonyl (C=O) groups excluding carboxylic acids is 1. The number of amides is 1. The molecule has 1 fully saturated rings. The minimum absolute atomic E-state index is 0.0412. The molecule has 2 N–H and O–H groups in total. The van der Waals surface area contributed by atoms with Crippen molar-refractivity contribution in [3.8, 4) is 5.75 Å². The molecular weight excluding hydrogens is 268 g/mol. The maximum absolute atomic E-state index is 12.1. The maximum Gasteiger partial charge on any atom is 0.238 e. The summed E-state index contributed by atoms with van der Waals surface area (Å²) in [5.41, 5.74) is 0.760. The van der Waals surface area contributed by atoms with E-state index < -0.39 is 0 Å². The predicted octanol–water partition coefficient (Wildman–Crippen LogP) is 1.87. The van der Waals surface area contributed by atoms with E-state index >= 15 is 0 Å². The van der Waals surface area contributed by atoms with Gasteiger partial charge in [0.2, 0.25) is 5.91 Å². The van der Waals surface area contributed by atoms with Gasteiger partial charge in [-0.05, 0) is 37.1 Å². The van der Waals surface area contributed by atoms with Crippen LogP contribution in [0, 0.1) is 0 Å². The molecule has 2 rings (SSSR count). The molecule has 0 atom stereocenters. The fraction of sp³-hybridized carbons (Fsp3) is 0.562. The summed E-state index contributed by atoms with van der Waals surface area (Å²) in [5.74, 6) is 0.723. The van der Waals surface area contributed by atoms with E-state index in [0.717, 1.165) is 24.3 Å². The zero-order valence-corrected chi connectivity index (χ0v) is 12.5. The lowest BCUT2D eigenvalue weighted by Crippen LogP contribution is -2.41. The van der Waals surface area contributed by atoms with E-state index in [4.69, 9.17) is 4.74 Å². The zero-order valence-electron chi connectivity index (χ0n) is 12.5. The van der Waals surface area contributed by atoms with Gasteiger partial charge >= 0.3 is 0 Å². The van der Waals surface area contributed by atoms with E-state index in [1.165, 1.54) is 12.8 Å². The molecule has 116 valence electrons. The molecule has 5 nitrogen and oxygen atoms in total. The highest BCUT2D eigenvalue weighted by molar-refractivity contribution is 5.92. The van der Waals surface area contributed by atoms with Crippen molar-refractivity contribution in [2.75, 3.05) is 32.1 Å². The van der Waals surface area contributed by atoms with Crippen LogP contribution in [0.2, 0.25) is 0 Å². The number of rotatable bonds is 7. The van der Waals surface area contributed by atoms with Crippen molar-refractivity contribution in [3.05, 3.63) is 24.3 Å². The number of aliphatic hydroxyl groups is 1. The normalized spacial score (nSPS) is 15.4. The Labute approximate surface area is 125 Å². The van der Waals surface area contributed by atoms with Crippen molar-refractivity contribution in [2.24, 2.45) is 0 Å². The second kappa shape index (κ2) is 8.00. The Bertz CT molecular complexity index is 441. The highest BCUT2D eigenvalue weighted by atomic mass is 16.5. The lowest BCUT2D eigenvalue weighted by Gasteiger charge is -2.27. The van der Waals surface area contributed by atoms with E-state index in [-0.39, 0.29) is 12.5 Å². The van der Waals surface area contributed by atoms with E-state index in [2.05, 4.69) is 10.2 Å². The highest BCUT2D eigenvalue weighted by Crippen LogP contribution is 2.23. The summed E-state index contributed by atoms with van der Waals surface area (Å²) in [6.45, 7) is 0.976. The van der Waals surface area contributed by atoms with E-state index in [9.17, 15) is 9.90 Å². The van der Waals surface area contributed by atoms with Crippen LogP contribution in [0.25, 0.3) is 0 Å². The first-order valence-corrected chi connectivity index (χ1v) is 7.51. The molecule has 0 heterocycles. The van der Waals surface area contributed by atoms with Crippen LogP contribution in [0.3, 0.4) is 0 Å². The number of nitrogens with one attached hydrogen (secondary N) is 1. The Balaban J connectivity index is 1.88. The molecule has 1 aromatic carbocycles. The Kier molecular flexibility index (Phi) is 6.02. The molecule has 21 heavy (non-hydrogen) atoms. The van der Waals surface area contributed by atoms with Crippen LogP contribution >= 0.6 is 0 Å². The zero-order chi connectivity index (χ0) is 15.1. The number of hydrogen-bond donors (Lipinski definition) is 2. The van der Waals surface area contributed by atoms with Gasteiger partial charge in [0.05, 0.1) is 20.3 Å². The van der Waals surface area contributed by atoms with Crippen molar-refractivity contribution in [1.82, 2.24) is 4.90 Å². The first-order chi connectivity index (χ1) is 10.2. The lowest BCUT2D eigenvalue weighted by atomic mass is 10.2. The molecule has 0 saturated heterocycles. The van der Waals surface area contributed by atoms with Gasteiger partial charge in [0, 0.05) is 18.3 Å². The monoisotopic (exact) mass is 292 g/mol. The first-order valence-electron chi connectivity index (χ1n) is 7.51. The average molecular weight is 292 g/mol. The van der Waals surface area contributed by atoms with Crippen molar-refractivity contribution in [3.63, 3.8) is 0 Å². The molecule has 1 aliphatic rings. The summed E-state index contributed by atoms with van der Waals surface area (Å²) in [6.07, 6.45) is 4.67. The third-order valence-electron chi connectivity index (χ3n) is 3.95. The number of hydrogen-bond acceptors (Lipinski definition) is 4. The van der Waals surface area contributed by atoms with Gasteiger partial charge in [-0.15, -0.1) is 0 Å². The molecule has 1 aliphatic carbocycles. The summed E-state index contributed by atoms with van der Waals surface area (Å²) in [4.78, 5) is 14.2. The van der Waals surface area contributed by atoms with Crippen LogP contribution in [0.15, 0.2) is 24.3 Å². The molecule has 0 aromatic heterocycles. The van der Waals surface area contributed by atoms with Crippen LogP contribution in [0.5, 0.6) is 5.75 Å². The highest BCUT2D eigenvalue weighted by Gasteiger charge is 2.23. The van der Waals surface area contributed by atoms with Gasteiger partial charge < -0.3 is 15.2 Å². The summed E-state index contributed by atoms with van der Waals surface area (Å²) in [5, 5.41) is 12.1. The minimum Gasteiger partial charge on any atom is -0.497 e. The van der Waals surface area contributed by atoms with Gasteiger partial charge in [0.1, 0.15) is 5.75 Å². The maximum atomic E-state index is 12.1. The topological polar surface area (TPSA) is 61.8 Å². The number of ether oxygens (including phenoxy) is 1. The SMILES string of the molecule is COc1ccc(NC(=O)CN(CCO)C2CCCC2)cc1. The molecule has 1 saturated carbocycles. The molecule has 0 bridgehead atoms. The Morgan fingerprint density at radius 2 is 2.00 bits per heavy atom. The van der Waals surface area contributed by atoms with Crippen molar-refractivity contribution in [1.29, 1.82) is 0 Å². The standard InChI is InChI=1S/C16H24N2O3/c1-21-15-8-6-13(7-9-15)17-16(20)12-18(10-11-19)14-4-2-3-5-14/h6-9,14,19H,2-5,10-12H2,1H3,(H,17,20). The molecule has 1 amide bonds. The third-order valence-corrected chi connectivity index (χ3v) is 3.95. The molecule has 0 radical (unpaired) electrons. The fourth-order valence-electron chi connectivity index (χ4n) is 2.85. The largest absolute Gasteiger partial charge is 0.497 e. The summed E-state index contributed by atoms with van der Waals surface area (Å²) in [7, 11) is 1.61. The van der Waals surface area contributed by atoms with Gasteiger partial charge in [-0.2, -0.15) is 0 Å². The molecule has 0 aliphatic heterocycles. The average Bonchev–Trinajstić information content (AvgIpc) is 3.02. The summed E-state index contributed by atoms with van der Waals surface area (Å²) >= 11 is 0. The van der Waals surface area contributed by atoms with E-state index in [1.54, 1.807) is 7.11 Å². The van der Waals surface area contributed by atoms with Crippen LogP contribution < -0.4 is 10.1 Å². The van der Waals surface area contributed by atoms with Crippen molar-refractivity contribution in [2.45, 2.75) is 31.7 Å². The number of anilines is 1. The molecular formula is C16H24N2O3. The predicted molar refractivity (Wildman–Crippen MR) is 82.5 cm³/mol. The Morgan fingerprint density at radius 3 is 2.57 bits per heavy atom. The van der Waals surface area contributed by atoms with Crippen molar-refractivity contribution >= 4 is 11.6 Å². The summed E-state index contributed by atoms with van der Waals surface area (Å²) < 4.78 is 5.09. The Hall–Kier alpha value is -1.59. The van der Waals surface area contributed by atoms with Gasteiger partial charge in [-0.25, -0.2) is 0 Å². The number of aliphatic hydroxyl groups excluding tert-OH is 1. The van der Waals surface area contributed by atoms with Gasteiger partial charge in [-0.1, -0.05) is 12.8 Å². The van der Waals surface area contributed by atoms with Crippen LogP contribution in [0.4, 0.5) is 5.69 Å².